The van der Waals surface area contributed by atoms with Crippen molar-refractivity contribution < 1.29 is 14.0 Å². The van der Waals surface area contributed by atoms with Crippen molar-refractivity contribution >= 4 is 17.5 Å². The fourth-order valence-corrected chi connectivity index (χ4v) is 3.72. The van der Waals surface area contributed by atoms with Crippen LogP contribution in [0.2, 0.25) is 0 Å². The smallest absolute Gasteiger partial charge is 0.225 e. The summed E-state index contributed by atoms with van der Waals surface area (Å²) in [6.45, 7) is 2.81. The van der Waals surface area contributed by atoms with Crippen LogP contribution in [0.5, 0.6) is 0 Å². The van der Waals surface area contributed by atoms with Crippen LogP contribution in [0.4, 0.5) is 4.39 Å². The quantitative estimate of drug-likeness (QED) is 0.724. The molecule has 0 aliphatic carbocycles. The van der Waals surface area contributed by atoms with Crippen LogP contribution >= 0.6 is 0 Å². The Labute approximate surface area is 168 Å². The zero-order valence-electron chi connectivity index (χ0n) is 16.3. The predicted octanol–water partition coefficient (Wildman–Crippen LogP) is 2.84. The number of nitrogens with one attached hydrogen (secondary N) is 1. The van der Waals surface area contributed by atoms with Gasteiger partial charge in [-0.2, -0.15) is 0 Å². The molecule has 1 aromatic carbocycles. The third-order valence-electron chi connectivity index (χ3n) is 5.38. The SMILES string of the molecule is Cc1cccc2nc(CNC(=O)[C@@H]3CCC(=O)N(Cc4ccccc4F)C3)cn12. The predicted molar refractivity (Wildman–Crippen MR) is 106 cm³/mol. The number of hydrogen-bond donors (Lipinski definition) is 1. The average molecular weight is 394 g/mol. The van der Waals surface area contributed by atoms with Crippen LogP contribution in [0.15, 0.2) is 48.7 Å². The molecule has 0 unspecified atom stereocenters. The maximum absolute atomic E-state index is 13.9. The second-order valence-corrected chi connectivity index (χ2v) is 7.45. The first-order valence-corrected chi connectivity index (χ1v) is 9.74. The molecule has 3 aromatic rings. The van der Waals surface area contributed by atoms with Crippen LogP contribution in [-0.2, 0) is 22.7 Å². The lowest BCUT2D eigenvalue weighted by Crippen LogP contribution is -2.45. The second-order valence-electron chi connectivity index (χ2n) is 7.45. The number of benzene rings is 1. The number of piperidine rings is 1. The Bertz CT molecular complexity index is 1060. The number of imidazole rings is 1. The highest BCUT2D eigenvalue weighted by atomic mass is 19.1. The lowest BCUT2D eigenvalue weighted by Gasteiger charge is -2.32. The van der Waals surface area contributed by atoms with Crippen molar-refractivity contribution in [1.82, 2.24) is 19.6 Å². The van der Waals surface area contributed by atoms with Crippen molar-refractivity contribution in [2.45, 2.75) is 32.9 Å². The third kappa shape index (κ3) is 4.13. The van der Waals surface area contributed by atoms with Gasteiger partial charge in [-0.05, 0) is 31.5 Å². The van der Waals surface area contributed by atoms with Gasteiger partial charge in [0.2, 0.25) is 11.8 Å². The van der Waals surface area contributed by atoms with Gasteiger partial charge in [0.25, 0.3) is 0 Å². The maximum atomic E-state index is 13.9. The summed E-state index contributed by atoms with van der Waals surface area (Å²) in [4.78, 5) is 31.0. The second kappa shape index (κ2) is 8.03. The first kappa shape index (κ1) is 19.1. The number of fused-ring (bicyclic) bond motifs is 1. The minimum absolute atomic E-state index is 0.0480. The molecule has 1 aliphatic rings. The summed E-state index contributed by atoms with van der Waals surface area (Å²) >= 11 is 0. The van der Waals surface area contributed by atoms with Crippen molar-refractivity contribution in [2.24, 2.45) is 5.92 Å². The summed E-state index contributed by atoms with van der Waals surface area (Å²) in [6, 6.07) is 12.3. The standard InChI is InChI=1S/C22H23FN4O2/c1-15-5-4-8-20-25-18(14-27(15)20)11-24-22(29)17-9-10-21(28)26(13-17)12-16-6-2-3-7-19(16)23/h2-8,14,17H,9-13H2,1H3,(H,24,29)/t17-/m1/s1. The molecule has 1 N–H and O–H groups in total. The van der Waals surface area contributed by atoms with Crippen LogP contribution in [0.1, 0.15) is 29.8 Å². The molecule has 4 rings (SSSR count). The van der Waals surface area contributed by atoms with E-state index in [1.54, 1.807) is 23.1 Å². The third-order valence-corrected chi connectivity index (χ3v) is 5.38. The number of amides is 2. The summed E-state index contributed by atoms with van der Waals surface area (Å²) in [5, 5.41) is 2.93. The van der Waals surface area contributed by atoms with Crippen molar-refractivity contribution in [2.75, 3.05) is 6.54 Å². The van der Waals surface area contributed by atoms with Crippen LogP contribution < -0.4 is 5.32 Å². The number of hydrogen-bond acceptors (Lipinski definition) is 3. The van der Waals surface area contributed by atoms with Crippen LogP contribution in [-0.4, -0.2) is 32.6 Å². The molecule has 0 bridgehead atoms. The lowest BCUT2D eigenvalue weighted by molar-refractivity contribution is -0.139. The Hall–Kier alpha value is -3.22. The van der Waals surface area contributed by atoms with E-state index in [1.807, 2.05) is 35.7 Å². The number of pyridine rings is 1. The van der Waals surface area contributed by atoms with E-state index in [-0.39, 0.29) is 30.1 Å². The Morgan fingerprint density at radius 3 is 2.86 bits per heavy atom. The molecule has 2 amide bonds. The van der Waals surface area contributed by atoms with E-state index in [9.17, 15) is 14.0 Å². The van der Waals surface area contributed by atoms with E-state index in [0.29, 0.717) is 31.5 Å². The zero-order chi connectivity index (χ0) is 20.4. The molecule has 29 heavy (non-hydrogen) atoms. The Morgan fingerprint density at radius 2 is 2.07 bits per heavy atom. The Morgan fingerprint density at radius 1 is 1.24 bits per heavy atom. The van der Waals surface area contributed by atoms with E-state index in [1.165, 1.54) is 6.07 Å². The molecule has 3 heterocycles. The Kier molecular flexibility index (Phi) is 5.29. The molecular weight excluding hydrogens is 371 g/mol. The van der Waals surface area contributed by atoms with E-state index in [0.717, 1.165) is 17.0 Å². The van der Waals surface area contributed by atoms with Gasteiger partial charge in [-0.1, -0.05) is 24.3 Å². The minimum Gasteiger partial charge on any atom is -0.350 e. The summed E-state index contributed by atoms with van der Waals surface area (Å²) in [5.41, 5.74) is 3.15. The number of likely N-dealkylation sites (tertiary alicyclic amines) is 1. The van der Waals surface area contributed by atoms with Crippen molar-refractivity contribution in [3.05, 3.63) is 71.4 Å². The summed E-state index contributed by atoms with van der Waals surface area (Å²) in [6.07, 6.45) is 2.71. The normalized spacial score (nSPS) is 17.0. The molecular formula is C22H23FN4O2. The minimum atomic E-state index is -0.339. The Balaban J connectivity index is 1.38. The molecule has 1 saturated heterocycles. The number of nitrogens with zero attached hydrogens (tertiary/aromatic N) is 3. The summed E-state index contributed by atoms with van der Waals surface area (Å²) < 4.78 is 15.9. The number of rotatable bonds is 5. The number of carbonyl (C=O) groups excluding carboxylic acids is 2. The van der Waals surface area contributed by atoms with Gasteiger partial charge >= 0.3 is 0 Å². The van der Waals surface area contributed by atoms with Gasteiger partial charge in [-0.3, -0.25) is 9.59 Å². The van der Waals surface area contributed by atoms with E-state index < -0.39 is 0 Å². The number of carbonyl (C=O) groups is 2. The highest BCUT2D eigenvalue weighted by Crippen LogP contribution is 2.21. The van der Waals surface area contributed by atoms with E-state index >= 15 is 0 Å². The lowest BCUT2D eigenvalue weighted by atomic mass is 9.96. The van der Waals surface area contributed by atoms with Gasteiger partial charge in [0.15, 0.2) is 0 Å². The maximum Gasteiger partial charge on any atom is 0.225 e. The van der Waals surface area contributed by atoms with Gasteiger partial charge in [-0.15, -0.1) is 0 Å². The molecule has 0 saturated carbocycles. The van der Waals surface area contributed by atoms with E-state index in [2.05, 4.69) is 10.3 Å². The first-order chi connectivity index (χ1) is 14.0. The molecule has 0 spiro atoms. The van der Waals surface area contributed by atoms with Crippen LogP contribution in [0, 0.1) is 18.7 Å². The van der Waals surface area contributed by atoms with Crippen LogP contribution in [0.3, 0.4) is 0 Å². The summed E-state index contributed by atoms with van der Waals surface area (Å²) in [5.74, 6) is -0.801. The first-order valence-electron chi connectivity index (χ1n) is 9.74. The average Bonchev–Trinajstić information content (AvgIpc) is 3.14. The largest absolute Gasteiger partial charge is 0.350 e. The van der Waals surface area contributed by atoms with Gasteiger partial charge in [-0.25, -0.2) is 9.37 Å². The van der Waals surface area contributed by atoms with Crippen molar-refractivity contribution in [3.8, 4) is 0 Å². The fourth-order valence-electron chi connectivity index (χ4n) is 3.72. The van der Waals surface area contributed by atoms with Gasteiger partial charge < -0.3 is 14.6 Å². The molecule has 150 valence electrons. The topological polar surface area (TPSA) is 66.7 Å². The number of aromatic nitrogens is 2. The number of halogens is 1. The van der Waals surface area contributed by atoms with Gasteiger partial charge in [0, 0.05) is 37.0 Å². The fraction of sp³-hybridized carbons (Fsp3) is 0.318. The van der Waals surface area contributed by atoms with Gasteiger partial charge in [0.1, 0.15) is 11.5 Å². The monoisotopic (exact) mass is 394 g/mol. The summed E-state index contributed by atoms with van der Waals surface area (Å²) in [7, 11) is 0. The molecule has 1 fully saturated rings. The zero-order valence-corrected chi connectivity index (χ0v) is 16.3. The van der Waals surface area contributed by atoms with E-state index in [4.69, 9.17) is 0 Å². The van der Waals surface area contributed by atoms with Crippen LogP contribution in [0.25, 0.3) is 5.65 Å². The van der Waals surface area contributed by atoms with Crippen molar-refractivity contribution in [1.29, 1.82) is 0 Å². The molecule has 0 radical (unpaired) electrons. The molecule has 1 atom stereocenters. The molecule has 6 nitrogen and oxygen atoms in total. The number of aryl methyl sites for hydroxylation is 1. The molecule has 7 heteroatoms. The molecule has 2 aromatic heterocycles. The highest BCUT2D eigenvalue weighted by Gasteiger charge is 2.30. The van der Waals surface area contributed by atoms with Crippen molar-refractivity contribution in [3.63, 3.8) is 0 Å². The van der Waals surface area contributed by atoms with Gasteiger partial charge in [0.05, 0.1) is 18.2 Å². The highest BCUT2D eigenvalue weighted by molar-refractivity contribution is 5.83. The molecule has 1 aliphatic heterocycles.